The number of anilines is 1. The van der Waals surface area contributed by atoms with Gasteiger partial charge in [-0.3, -0.25) is 5.10 Å². The molecule has 1 atom stereocenters. The van der Waals surface area contributed by atoms with Gasteiger partial charge in [0.1, 0.15) is 5.82 Å². The Hall–Kier alpha value is -2.99. The number of nitrogens with zero attached hydrogens (tertiary/aromatic N) is 6. The van der Waals surface area contributed by atoms with Crippen LogP contribution >= 0.6 is 0 Å². The number of rotatable bonds is 3. The van der Waals surface area contributed by atoms with Crippen LogP contribution in [0, 0.1) is 17.1 Å². The fourth-order valence-electron chi connectivity index (χ4n) is 3.36. The molecule has 0 unspecified atom stereocenters. The molecule has 1 saturated heterocycles. The number of aromatic nitrogens is 5. The van der Waals surface area contributed by atoms with Crippen molar-refractivity contribution < 1.29 is 9.13 Å². The van der Waals surface area contributed by atoms with Crippen molar-refractivity contribution in [2.75, 3.05) is 24.7 Å². The van der Waals surface area contributed by atoms with Crippen molar-refractivity contribution >= 4 is 16.9 Å². The lowest BCUT2D eigenvalue weighted by Crippen LogP contribution is -2.44. The zero-order chi connectivity index (χ0) is 19.2. The lowest BCUT2D eigenvalue weighted by molar-refractivity contribution is 0.0985. The number of hydrogen-bond acceptors (Lipinski definition) is 6. The fraction of sp³-hybridized carbons (Fsp3) is 0.444. The fourth-order valence-corrected chi connectivity index (χ4v) is 3.36. The van der Waals surface area contributed by atoms with Gasteiger partial charge in [-0.25, -0.2) is 9.37 Å². The van der Waals surface area contributed by atoms with Gasteiger partial charge >= 0.3 is 0 Å². The highest BCUT2D eigenvalue weighted by Crippen LogP contribution is 2.34. The smallest absolute Gasteiger partial charge is 0.188 e. The van der Waals surface area contributed by atoms with E-state index < -0.39 is 11.2 Å². The van der Waals surface area contributed by atoms with E-state index in [0.717, 1.165) is 17.6 Å². The highest BCUT2D eigenvalue weighted by atomic mass is 19.1. The first-order chi connectivity index (χ1) is 12.9. The number of aromatic amines is 1. The average Bonchev–Trinajstić information content (AvgIpc) is 3.26. The maximum Gasteiger partial charge on any atom is 0.188 e. The highest BCUT2D eigenvalue weighted by molar-refractivity contribution is 5.84. The molecule has 0 aliphatic carbocycles. The molecule has 1 N–H and O–H groups in total. The molecule has 27 heavy (non-hydrogen) atoms. The Labute approximate surface area is 155 Å². The first kappa shape index (κ1) is 17.4. The van der Waals surface area contributed by atoms with E-state index in [9.17, 15) is 9.65 Å². The molecule has 8 nitrogen and oxygen atoms in total. The number of pyridine rings is 1. The largest absolute Gasteiger partial charge is 0.377 e. The molecule has 1 fully saturated rings. The van der Waals surface area contributed by atoms with E-state index >= 15 is 0 Å². The van der Waals surface area contributed by atoms with E-state index in [1.165, 1.54) is 4.68 Å². The molecule has 0 amide bonds. The van der Waals surface area contributed by atoms with Crippen LogP contribution in [0.25, 0.3) is 16.9 Å². The number of fused-ring (bicyclic) bond motifs is 1. The Balaban J connectivity index is 1.97. The van der Waals surface area contributed by atoms with Gasteiger partial charge in [0.15, 0.2) is 17.3 Å². The minimum Gasteiger partial charge on any atom is -0.377 e. The Morgan fingerprint density at radius 2 is 2.22 bits per heavy atom. The summed E-state index contributed by atoms with van der Waals surface area (Å²) in [5.41, 5.74) is 0.522. The van der Waals surface area contributed by atoms with Gasteiger partial charge in [-0.15, -0.1) is 0 Å². The van der Waals surface area contributed by atoms with Gasteiger partial charge in [-0.05, 0) is 32.4 Å². The molecule has 3 aromatic heterocycles. The molecule has 4 heterocycles. The van der Waals surface area contributed by atoms with Crippen molar-refractivity contribution in [2.24, 2.45) is 0 Å². The van der Waals surface area contributed by atoms with Gasteiger partial charge in [0, 0.05) is 11.9 Å². The standard InChI is InChI=1S/C18H20FN7O/c1-11-9-27-5-4-25(11)15-6-13(18(2,3)10-20)12-7-22-26(16(12)23-15)17-14(19)8-21-24-17/h6-8,11H,4-5,9H2,1-3H3,(H,21,24)/t11-/m1/s1. The summed E-state index contributed by atoms with van der Waals surface area (Å²) in [7, 11) is 0. The molecule has 4 rings (SSSR count). The first-order valence-corrected chi connectivity index (χ1v) is 8.76. The Kier molecular flexibility index (Phi) is 4.08. The first-order valence-electron chi connectivity index (χ1n) is 8.76. The Bertz CT molecular complexity index is 1030. The van der Waals surface area contributed by atoms with Crippen molar-refractivity contribution in [3.63, 3.8) is 0 Å². The summed E-state index contributed by atoms with van der Waals surface area (Å²) >= 11 is 0. The van der Waals surface area contributed by atoms with Crippen LogP contribution in [-0.2, 0) is 10.2 Å². The molecule has 1 aliphatic heterocycles. The highest BCUT2D eigenvalue weighted by Gasteiger charge is 2.29. The van der Waals surface area contributed by atoms with Crippen LogP contribution < -0.4 is 4.90 Å². The van der Waals surface area contributed by atoms with Gasteiger partial charge in [0.05, 0.1) is 43.1 Å². The Morgan fingerprint density at radius 1 is 1.41 bits per heavy atom. The predicted octanol–water partition coefficient (Wildman–Crippen LogP) is 2.31. The third-order valence-corrected chi connectivity index (χ3v) is 4.93. The SMILES string of the molecule is C[C@@H]1COCCN1c1cc(C(C)(C)C#N)c2cnn(-c3[nH]ncc3F)c2n1. The van der Waals surface area contributed by atoms with Crippen LogP contribution in [0.2, 0.25) is 0 Å². The molecule has 0 spiro atoms. The van der Waals surface area contributed by atoms with E-state index in [1.807, 2.05) is 19.9 Å². The maximum atomic E-state index is 14.1. The van der Waals surface area contributed by atoms with Gasteiger partial charge in [0.2, 0.25) is 0 Å². The van der Waals surface area contributed by atoms with Gasteiger partial charge in [0.25, 0.3) is 0 Å². The van der Waals surface area contributed by atoms with Crippen LogP contribution in [0.1, 0.15) is 26.3 Å². The second kappa shape index (κ2) is 6.32. The molecule has 3 aromatic rings. The summed E-state index contributed by atoms with van der Waals surface area (Å²) in [5, 5.41) is 21.0. The lowest BCUT2D eigenvalue weighted by atomic mass is 9.85. The van der Waals surface area contributed by atoms with Crippen molar-refractivity contribution in [1.82, 2.24) is 25.0 Å². The normalized spacial score (nSPS) is 18.0. The van der Waals surface area contributed by atoms with Gasteiger partial charge in [-0.1, -0.05) is 0 Å². The zero-order valence-electron chi connectivity index (χ0n) is 15.4. The van der Waals surface area contributed by atoms with E-state index in [-0.39, 0.29) is 11.9 Å². The molecular formula is C18H20FN7O. The minimum atomic E-state index is -0.758. The second-order valence-electron chi connectivity index (χ2n) is 7.24. The second-order valence-corrected chi connectivity index (χ2v) is 7.24. The predicted molar refractivity (Wildman–Crippen MR) is 97.2 cm³/mol. The van der Waals surface area contributed by atoms with Crippen molar-refractivity contribution in [3.05, 3.63) is 29.8 Å². The summed E-state index contributed by atoms with van der Waals surface area (Å²) in [6, 6.07) is 4.42. The molecule has 0 saturated carbocycles. The van der Waals surface area contributed by atoms with E-state index in [1.54, 1.807) is 6.20 Å². The number of nitriles is 1. The number of ether oxygens (including phenoxy) is 1. The number of halogens is 1. The quantitative estimate of drug-likeness (QED) is 0.761. The summed E-state index contributed by atoms with van der Waals surface area (Å²) < 4.78 is 21.0. The molecular weight excluding hydrogens is 349 g/mol. The average molecular weight is 369 g/mol. The Morgan fingerprint density at radius 3 is 2.89 bits per heavy atom. The van der Waals surface area contributed by atoms with Crippen molar-refractivity contribution in [2.45, 2.75) is 32.2 Å². The molecule has 0 bridgehead atoms. The summed E-state index contributed by atoms with van der Waals surface area (Å²) in [4.78, 5) is 6.90. The van der Waals surface area contributed by atoms with E-state index in [4.69, 9.17) is 9.72 Å². The molecule has 9 heteroatoms. The topological polar surface area (TPSA) is 95.7 Å². The van der Waals surface area contributed by atoms with E-state index in [2.05, 4.69) is 33.2 Å². The van der Waals surface area contributed by atoms with Crippen LogP contribution in [0.4, 0.5) is 10.2 Å². The molecule has 1 aliphatic rings. The zero-order valence-corrected chi connectivity index (χ0v) is 15.4. The van der Waals surface area contributed by atoms with E-state index in [0.29, 0.717) is 30.8 Å². The lowest BCUT2D eigenvalue weighted by Gasteiger charge is -2.35. The third kappa shape index (κ3) is 2.82. The summed E-state index contributed by atoms with van der Waals surface area (Å²) in [5.74, 6) is 0.316. The molecule has 0 aromatic carbocycles. The minimum absolute atomic E-state index is 0.116. The molecule has 0 radical (unpaired) electrons. The van der Waals surface area contributed by atoms with Crippen LogP contribution in [0.15, 0.2) is 18.5 Å². The third-order valence-electron chi connectivity index (χ3n) is 4.93. The number of hydrogen-bond donors (Lipinski definition) is 1. The van der Waals surface area contributed by atoms with Crippen molar-refractivity contribution in [3.8, 4) is 11.9 Å². The van der Waals surface area contributed by atoms with Crippen LogP contribution in [0.5, 0.6) is 0 Å². The number of nitrogens with one attached hydrogen (secondary N) is 1. The number of H-pyrrole nitrogens is 1. The molecule has 140 valence electrons. The van der Waals surface area contributed by atoms with Crippen LogP contribution in [-0.4, -0.2) is 50.8 Å². The van der Waals surface area contributed by atoms with Crippen molar-refractivity contribution in [1.29, 1.82) is 5.26 Å². The van der Waals surface area contributed by atoms with Gasteiger partial charge in [-0.2, -0.15) is 20.1 Å². The van der Waals surface area contributed by atoms with Gasteiger partial charge < -0.3 is 9.64 Å². The maximum absolute atomic E-state index is 14.1. The summed E-state index contributed by atoms with van der Waals surface area (Å²) in [6.45, 7) is 7.66. The summed E-state index contributed by atoms with van der Waals surface area (Å²) in [6.07, 6.45) is 2.71. The van der Waals surface area contributed by atoms with Crippen LogP contribution in [0.3, 0.4) is 0 Å². The number of morpholine rings is 1. The monoisotopic (exact) mass is 369 g/mol.